The van der Waals surface area contributed by atoms with E-state index in [1.165, 1.54) is 6.07 Å². The fourth-order valence-electron chi connectivity index (χ4n) is 2.75. The Bertz CT molecular complexity index is 754. The maximum absolute atomic E-state index is 13.8. The van der Waals surface area contributed by atoms with Gasteiger partial charge in [0.1, 0.15) is 11.6 Å². The van der Waals surface area contributed by atoms with Crippen molar-refractivity contribution in [2.24, 2.45) is 12.0 Å². The lowest BCUT2D eigenvalue weighted by molar-refractivity contribution is 0.113. The lowest BCUT2D eigenvalue weighted by atomic mass is 10.2. The Hall–Kier alpha value is -2.48. The van der Waals surface area contributed by atoms with Crippen LogP contribution in [-0.4, -0.2) is 40.0 Å². The van der Waals surface area contributed by atoms with Crippen LogP contribution in [0.1, 0.15) is 30.1 Å². The second-order valence-electron chi connectivity index (χ2n) is 6.35. The molecule has 0 amide bonds. The standard InChI is InChI=1S/C18H25FN6O/c1-13-23-24-17(25(13)2)12-22-18(21-11-15-7-5-9-26-15)20-10-14-6-3-4-8-16(14)19/h3-4,6,8,15H,5,7,9-12H2,1-2H3,(H2,20,21,22). The van der Waals surface area contributed by atoms with Crippen LogP contribution in [0.2, 0.25) is 0 Å². The van der Waals surface area contributed by atoms with E-state index in [0.29, 0.717) is 24.6 Å². The van der Waals surface area contributed by atoms with Gasteiger partial charge in [0.25, 0.3) is 0 Å². The van der Waals surface area contributed by atoms with Gasteiger partial charge in [-0.15, -0.1) is 10.2 Å². The molecule has 1 saturated heterocycles. The molecule has 7 nitrogen and oxygen atoms in total. The number of hydrogen-bond acceptors (Lipinski definition) is 4. The van der Waals surface area contributed by atoms with Crippen molar-refractivity contribution in [1.82, 2.24) is 25.4 Å². The molecule has 140 valence electrons. The Labute approximate surface area is 152 Å². The first-order valence-corrected chi connectivity index (χ1v) is 8.85. The van der Waals surface area contributed by atoms with Crippen molar-refractivity contribution >= 4 is 5.96 Å². The summed E-state index contributed by atoms with van der Waals surface area (Å²) in [6.45, 7) is 4.11. The summed E-state index contributed by atoms with van der Waals surface area (Å²) in [5.41, 5.74) is 0.556. The van der Waals surface area contributed by atoms with Crippen molar-refractivity contribution in [3.8, 4) is 0 Å². The van der Waals surface area contributed by atoms with Gasteiger partial charge in [0.2, 0.25) is 0 Å². The number of nitrogens with one attached hydrogen (secondary N) is 2. The molecule has 0 aliphatic carbocycles. The summed E-state index contributed by atoms with van der Waals surface area (Å²) in [4.78, 5) is 4.51. The quantitative estimate of drug-likeness (QED) is 0.605. The van der Waals surface area contributed by atoms with Gasteiger partial charge in [0.15, 0.2) is 11.8 Å². The average molecular weight is 360 g/mol. The number of aryl methyl sites for hydroxylation is 1. The van der Waals surface area contributed by atoms with E-state index in [-0.39, 0.29) is 18.5 Å². The minimum Gasteiger partial charge on any atom is -0.376 e. The van der Waals surface area contributed by atoms with Crippen LogP contribution in [0.4, 0.5) is 4.39 Å². The van der Waals surface area contributed by atoms with Crippen LogP contribution in [0.3, 0.4) is 0 Å². The Kier molecular flexibility index (Phi) is 6.17. The van der Waals surface area contributed by atoms with Gasteiger partial charge in [-0.1, -0.05) is 18.2 Å². The Morgan fingerprint density at radius 2 is 2.19 bits per heavy atom. The van der Waals surface area contributed by atoms with Gasteiger partial charge in [-0.3, -0.25) is 0 Å². The third kappa shape index (κ3) is 4.78. The van der Waals surface area contributed by atoms with Crippen molar-refractivity contribution in [3.05, 3.63) is 47.3 Å². The van der Waals surface area contributed by atoms with Gasteiger partial charge in [-0.25, -0.2) is 9.38 Å². The van der Waals surface area contributed by atoms with Crippen molar-refractivity contribution in [3.63, 3.8) is 0 Å². The summed E-state index contributed by atoms with van der Waals surface area (Å²) in [6, 6.07) is 6.67. The van der Waals surface area contributed by atoms with Gasteiger partial charge in [-0.2, -0.15) is 0 Å². The molecule has 0 saturated carbocycles. The van der Waals surface area contributed by atoms with E-state index >= 15 is 0 Å². The number of halogens is 1. The van der Waals surface area contributed by atoms with Gasteiger partial charge in [0.05, 0.1) is 19.2 Å². The molecule has 1 aliphatic heterocycles. The lowest BCUT2D eigenvalue weighted by Crippen LogP contribution is -2.41. The fraction of sp³-hybridized carbons (Fsp3) is 0.500. The van der Waals surface area contributed by atoms with Gasteiger partial charge >= 0.3 is 0 Å². The number of ether oxygens (including phenoxy) is 1. The Morgan fingerprint density at radius 1 is 1.35 bits per heavy atom. The summed E-state index contributed by atoms with van der Waals surface area (Å²) in [5.74, 6) is 2.00. The summed E-state index contributed by atoms with van der Waals surface area (Å²) < 4.78 is 21.4. The molecule has 0 bridgehead atoms. The molecule has 26 heavy (non-hydrogen) atoms. The summed E-state index contributed by atoms with van der Waals surface area (Å²) >= 11 is 0. The third-order valence-electron chi connectivity index (χ3n) is 4.48. The van der Waals surface area contributed by atoms with Crippen LogP contribution in [0, 0.1) is 12.7 Å². The Balaban J connectivity index is 1.64. The van der Waals surface area contributed by atoms with Gasteiger partial charge in [0, 0.05) is 25.8 Å². The zero-order chi connectivity index (χ0) is 18.4. The van der Waals surface area contributed by atoms with Crippen LogP contribution < -0.4 is 10.6 Å². The normalized spacial score (nSPS) is 17.5. The van der Waals surface area contributed by atoms with Crippen molar-refractivity contribution in [2.45, 2.75) is 39.0 Å². The maximum atomic E-state index is 13.8. The first-order chi connectivity index (χ1) is 12.6. The minimum atomic E-state index is -0.251. The number of benzene rings is 1. The highest BCUT2D eigenvalue weighted by Gasteiger charge is 2.16. The number of hydrogen-bond donors (Lipinski definition) is 2. The van der Waals surface area contributed by atoms with Crippen LogP contribution in [0.25, 0.3) is 0 Å². The smallest absolute Gasteiger partial charge is 0.192 e. The summed E-state index contributed by atoms with van der Waals surface area (Å²) in [5, 5.41) is 14.7. The zero-order valence-corrected chi connectivity index (χ0v) is 15.2. The molecular formula is C18H25FN6O. The van der Waals surface area contributed by atoms with Crippen LogP contribution >= 0.6 is 0 Å². The molecule has 3 rings (SSSR count). The minimum absolute atomic E-state index is 0.188. The first kappa shape index (κ1) is 18.3. The summed E-state index contributed by atoms with van der Waals surface area (Å²) in [7, 11) is 1.92. The lowest BCUT2D eigenvalue weighted by Gasteiger charge is -2.15. The molecule has 2 N–H and O–H groups in total. The van der Waals surface area contributed by atoms with E-state index in [0.717, 1.165) is 31.1 Å². The van der Waals surface area contributed by atoms with Crippen molar-refractivity contribution in [2.75, 3.05) is 13.2 Å². The molecule has 0 radical (unpaired) electrons. The monoisotopic (exact) mass is 360 g/mol. The number of rotatable bonds is 6. The van der Waals surface area contributed by atoms with Crippen molar-refractivity contribution in [1.29, 1.82) is 0 Å². The molecular weight excluding hydrogens is 335 g/mol. The molecule has 1 fully saturated rings. The topological polar surface area (TPSA) is 76.4 Å². The molecule has 2 heterocycles. The highest BCUT2D eigenvalue weighted by Crippen LogP contribution is 2.11. The van der Waals surface area contributed by atoms with Crippen LogP contribution in [0.5, 0.6) is 0 Å². The highest BCUT2D eigenvalue weighted by molar-refractivity contribution is 5.79. The molecule has 2 aromatic rings. The van der Waals surface area contributed by atoms with Crippen molar-refractivity contribution < 1.29 is 9.13 Å². The highest BCUT2D eigenvalue weighted by atomic mass is 19.1. The number of guanidine groups is 1. The largest absolute Gasteiger partial charge is 0.376 e. The van der Waals surface area contributed by atoms with E-state index in [1.807, 2.05) is 24.6 Å². The number of aromatic nitrogens is 3. The van der Waals surface area contributed by atoms with E-state index in [1.54, 1.807) is 12.1 Å². The van der Waals surface area contributed by atoms with E-state index in [9.17, 15) is 4.39 Å². The van der Waals surface area contributed by atoms with E-state index in [2.05, 4.69) is 25.8 Å². The number of nitrogens with zero attached hydrogens (tertiary/aromatic N) is 4. The molecule has 0 spiro atoms. The number of aliphatic imine (C=N–C) groups is 1. The van der Waals surface area contributed by atoms with Gasteiger partial charge < -0.3 is 19.9 Å². The second kappa shape index (κ2) is 8.75. The van der Waals surface area contributed by atoms with Crippen LogP contribution in [0.15, 0.2) is 29.3 Å². The Morgan fingerprint density at radius 3 is 2.88 bits per heavy atom. The molecule has 8 heteroatoms. The molecule has 1 unspecified atom stereocenters. The third-order valence-corrected chi connectivity index (χ3v) is 4.48. The second-order valence-corrected chi connectivity index (χ2v) is 6.35. The SMILES string of the molecule is Cc1nnc(CNC(=NCc2ccccc2F)NCC2CCCO2)n1C. The summed E-state index contributed by atoms with van der Waals surface area (Å²) in [6.07, 6.45) is 2.31. The molecule has 1 atom stereocenters. The molecule has 1 aromatic carbocycles. The predicted octanol–water partition coefficient (Wildman–Crippen LogP) is 1.68. The van der Waals surface area contributed by atoms with E-state index < -0.39 is 0 Å². The van der Waals surface area contributed by atoms with E-state index in [4.69, 9.17) is 4.74 Å². The van der Waals surface area contributed by atoms with Gasteiger partial charge in [-0.05, 0) is 25.8 Å². The maximum Gasteiger partial charge on any atom is 0.192 e. The zero-order valence-electron chi connectivity index (χ0n) is 15.2. The fourth-order valence-corrected chi connectivity index (χ4v) is 2.75. The first-order valence-electron chi connectivity index (χ1n) is 8.85. The predicted molar refractivity (Wildman–Crippen MR) is 97.1 cm³/mol. The molecule has 1 aliphatic rings. The average Bonchev–Trinajstić information content (AvgIpc) is 3.27. The molecule has 1 aromatic heterocycles. The van der Waals surface area contributed by atoms with Crippen LogP contribution in [-0.2, 0) is 24.9 Å².